The van der Waals surface area contributed by atoms with Crippen LogP contribution in [0.4, 0.5) is 14.9 Å². The van der Waals surface area contributed by atoms with Crippen molar-refractivity contribution in [2.24, 2.45) is 0 Å². The summed E-state index contributed by atoms with van der Waals surface area (Å²) in [4.78, 5) is 35.3. The van der Waals surface area contributed by atoms with Gasteiger partial charge in [-0.2, -0.15) is 0 Å². The molecule has 0 radical (unpaired) electrons. The zero-order chi connectivity index (χ0) is 25.9. The summed E-state index contributed by atoms with van der Waals surface area (Å²) >= 11 is 0. The molecule has 3 aromatic carbocycles. The van der Waals surface area contributed by atoms with E-state index in [-0.39, 0.29) is 23.4 Å². The Balaban J connectivity index is 1.36. The molecular formula is C29H30FN5O2. The van der Waals surface area contributed by atoms with E-state index < -0.39 is 0 Å². The fourth-order valence-corrected chi connectivity index (χ4v) is 4.77. The highest BCUT2D eigenvalue weighted by molar-refractivity contribution is 5.89. The largest absolute Gasteiger partial charge is 0.322 e. The molecular weight excluding hydrogens is 469 g/mol. The van der Waals surface area contributed by atoms with Crippen LogP contribution in [0, 0.1) is 5.82 Å². The molecule has 2 heterocycles. The number of benzene rings is 3. The molecule has 1 atom stereocenters. The first-order valence-electron chi connectivity index (χ1n) is 12.6. The van der Waals surface area contributed by atoms with Gasteiger partial charge in [-0.15, -0.1) is 0 Å². The summed E-state index contributed by atoms with van der Waals surface area (Å²) in [5.41, 5.74) is 3.01. The lowest BCUT2D eigenvalue weighted by Gasteiger charge is -2.38. The molecule has 8 heteroatoms. The molecule has 0 spiro atoms. The van der Waals surface area contributed by atoms with Crippen LogP contribution < -0.4 is 10.9 Å². The average molecular weight is 500 g/mol. The van der Waals surface area contributed by atoms with E-state index in [1.165, 1.54) is 17.7 Å². The molecule has 0 bridgehead atoms. The number of carbonyl (C=O) groups excluding carboxylic acids is 1. The normalized spacial score (nSPS) is 15.1. The maximum atomic E-state index is 13.6. The molecule has 5 rings (SSSR count). The van der Waals surface area contributed by atoms with Crippen molar-refractivity contribution >= 4 is 22.6 Å². The summed E-state index contributed by atoms with van der Waals surface area (Å²) in [7, 11) is 0. The van der Waals surface area contributed by atoms with Gasteiger partial charge >= 0.3 is 6.03 Å². The Hall–Kier alpha value is -4.04. The molecule has 1 saturated heterocycles. The van der Waals surface area contributed by atoms with Gasteiger partial charge in [-0.1, -0.05) is 31.2 Å². The first-order chi connectivity index (χ1) is 17.9. The third-order valence-corrected chi connectivity index (χ3v) is 7.02. The number of hydrogen-bond acceptors (Lipinski definition) is 4. The second kappa shape index (κ2) is 10.5. The summed E-state index contributed by atoms with van der Waals surface area (Å²) in [6, 6.07) is 20.7. The van der Waals surface area contributed by atoms with Crippen molar-refractivity contribution < 1.29 is 9.18 Å². The SMILES string of the molecule is CCc1ccc(NC(=O)N2CCN(C(C)c3nc4ccccc4c(=O)n3-c3ccc(F)cc3)CC2)cc1. The number of urea groups is 1. The highest BCUT2D eigenvalue weighted by atomic mass is 19.1. The fourth-order valence-electron chi connectivity index (χ4n) is 4.77. The van der Waals surface area contributed by atoms with Crippen LogP contribution in [0.2, 0.25) is 0 Å². The predicted octanol–water partition coefficient (Wildman–Crippen LogP) is 5.00. The highest BCUT2D eigenvalue weighted by Gasteiger charge is 2.28. The quantitative estimate of drug-likeness (QED) is 0.420. The minimum absolute atomic E-state index is 0.122. The third-order valence-electron chi connectivity index (χ3n) is 7.02. The number of amides is 2. The lowest BCUT2D eigenvalue weighted by molar-refractivity contribution is 0.115. The van der Waals surface area contributed by atoms with Crippen LogP contribution in [0.1, 0.15) is 31.3 Å². The smallest absolute Gasteiger partial charge is 0.321 e. The minimum atomic E-state index is -0.365. The number of hydrogen-bond donors (Lipinski definition) is 1. The zero-order valence-electron chi connectivity index (χ0n) is 21.0. The fraction of sp³-hybridized carbons (Fsp3) is 0.276. The molecule has 190 valence electrons. The van der Waals surface area contributed by atoms with Gasteiger partial charge in [-0.3, -0.25) is 14.3 Å². The maximum Gasteiger partial charge on any atom is 0.321 e. The average Bonchev–Trinajstić information content (AvgIpc) is 2.94. The van der Waals surface area contributed by atoms with Crippen LogP contribution in [0.15, 0.2) is 77.6 Å². The number of aryl methyl sites for hydroxylation is 1. The molecule has 1 aromatic heterocycles. The van der Waals surface area contributed by atoms with E-state index in [4.69, 9.17) is 4.98 Å². The molecule has 1 N–H and O–H groups in total. The topological polar surface area (TPSA) is 70.5 Å². The number of piperazine rings is 1. The number of nitrogens with one attached hydrogen (secondary N) is 1. The number of aromatic nitrogens is 2. The van der Waals surface area contributed by atoms with Crippen molar-refractivity contribution in [2.45, 2.75) is 26.3 Å². The molecule has 0 saturated carbocycles. The Kier molecular flexibility index (Phi) is 7.01. The van der Waals surface area contributed by atoms with E-state index in [9.17, 15) is 14.0 Å². The number of carbonyl (C=O) groups is 1. The van der Waals surface area contributed by atoms with Gasteiger partial charge in [0.2, 0.25) is 0 Å². The summed E-state index contributed by atoms with van der Waals surface area (Å²) in [6.07, 6.45) is 0.954. The lowest BCUT2D eigenvalue weighted by Crippen LogP contribution is -2.51. The van der Waals surface area contributed by atoms with Gasteiger partial charge < -0.3 is 10.2 Å². The van der Waals surface area contributed by atoms with Crippen molar-refractivity contribution in [1.82, 2.24) is 19.4 Å². The number of halogens is 1. The van der Waals surface area contributed by atoms with E-state index in [2.05, 4.69) is 17.1 Å². The summed E-state index contributed by atoms with van der Waals surface area (Å²) in [5.74, 6) is 0.222. The number of fused-ring (bicyclic) bond motifs is 1. The first-order valence-corrected chi connectivity index (χ1v) is 12.6. The lowest BCUT2D eigenvalue weighted by atomic mass is 10.1. The first kappa shape index (κ1) is 24.6. The van der Waals surface area contributed by atoms with Crippen molar-refractivity contribution in [3.8, 4) is 5.69 Å². The Morgan fingerprint density at radius 1 is 0.973 bits per heavy atom. The number of rotatable bonds is 5. The molecule has 0 aliphatic carbocycles. The number of para-hydroxylation sites is 1. The van der Waals surface area contributed by atoms with Crippen molar-refractivity contribution in [1.29, 1.82) is 0 Å². The van der Waals surface area contributed by atoms with Crippen LogP contribution in [-0.4, -0.2) is 51.6 Å². The van der Waals surface area contributed by atoms with Crippen molar-refractivity contribution in [3.63, 3.8) is 0 Å². The predicted molar refractivity (Wildman–Crippen MR) is 144 cm³/mol. The number of anilines is 1. The van der Waals surface area contributed by atoms with Gasteiger partial charge in [0.25, 0.3) is 5.56 Å². The Bertz CT molecular complexity index is 1460. The molecule has 1 fully saturated rings. The molecule has 1 unspecified atom stereocenters. The Morgan fingerprint density at radius 2 is 1.65 bits per heavy atom. The van der Waals surface area contributed by atoms with E-state index in [1.807, 2.05) is 49.4 Å². The Morgan fingerprint density at radius 3 is 2.32 bits per heavy atom. The number of nitrogens with zero attached hydrogens (tertiary/aromatic N) is 4. The van der Waals surface area contributed by atoms with Crippen LogP contribution in [0.5, 0.6) is 0 Å². The van der Waals surface area contributed by atoms with E-state index >= 15 is 0 Å². The van der Waals surface area contributed by atoms with Crippen LogP contribution in [-0.2, 0) is 6.42 Å². The molecule has 4 aromatic rings. The second-order valence-electron chi connectivity index (χ2n) is 9.28. The van der Waals surface area contributed by atoms with Gasteiger partial charge in [0, 0.05) is 31.9 Å². The zero-order valence-corrected chi connectivity index (χ0v) is 21.0. The van der Waals surface area contributed by atoms with E-state index in [0.717, 1.165) is 12.1 Å². The van der Waals surface area contributed by atoms with E-state index in [1.54, 1.807) is 27.7 Å². The second-order valence-corrected chi connectivity index (χ2v) is 9.28. The third kappa shape index (κ3) is 5.11. The molecule has 1 aliphatic rings. The van der Waals surface area contributed by atoms with Crippen LogP contribution in [0.3, 0.4) is 0 Å². The minimum Gasteiger partial charge on any atom is -0.322 e. The van der Waals surface area contributed by atoms with Crippen LogP contribution >= 0.6 is 0 Å². The summed E-state index contributed by atoms with van der Waals surface area (Å²) < 4.78 is 15.2. The summed E-state index contributed by atoms with van der Waals surface area (Å²) in [5, 5.41) is 3.49. The van der Waals surface area contributed by atoms with Gasteiger partial charge in [-0.25, -0.2) is 14.2 Å². The molecule has 2 amide bonds. The van der Waals surface area contributed by atoms with Gasteiger partial charge in [0.05, 0.1) is 22.6 Å². The van der Waals surface area contributed by atoms with Gasteiger partial charge in [0.15, 0.2) is 0 Å². The monoisotopic (exact) mass is 499 g/mol. The molecule has 37 heavy (non-hydrogen) atoms. The van der Waals surface area contributed by atoms with Crippen molar-refractivity contribution in [2.75, 3.05) is 31.5 Å². The van der Waals surface area contributed by atoms with E-state index in [0.29, 0.717) is 48.6 Å². The molecule has 7 nitrogen and oxygen atoms in total. The van der Waals surface area contributed by atoms with Gasteiger partial charge in [0.1, 0.15) is 11.6 Å². The van der Waals surface area contributed by atoms with Crippen LogP contribution in [0.25, 0.3) is 16.6 Å². The Labute approximate surface area is 215 Å². The highest BCUT2D eigenvalue weighted by Crippen LogP contribution is 2.24. The molecule has 1 aliphatic heterocycles. The van der Waals surface area contributed by atoms with Gasteiger partial charge in [-0.05, 0) is 67.4 Å². The maximum absolute atomic E-state index is 13.6. The summed E-state index contributed by atoms with van der Waals surface area (Å²) in [6.45, 7) is 6.49. The van der Waals surface area contributed by atoms with Crippen molar-refractivity contribution in [3.05, 3.63) is 100 Å². The standard InChI is InChI=1S/C29H30FN5O2/c1-3-21-8-12-23(13-9-21)31-29(37)34-18-16-33(17-19-34)20(2)27-32-26-7-5-4-6-25(26)28(36)35(27)24-14-10-22(30)11-15-24/h4-15,20H,3,16-19H2,1-2H3,(H,31,37).